The number of hydrogen-bond donors (Lipinski definition) is 2. The fourth-order valence-corrected chi connectivity index (χ4v) is 2.33. The van der Waals surface area contributed by atoms with E-state index in [-0.39, 0.29) is 36.4 Å². The largest absolute Gasteiger partial charge is 0.497 e. The highest BCUT2D eigenvalue weighted by Gasteiger charge is 2.25. The van der Waals surface area contributed by atoms with Gasteiger partial charge in [-0.1, -0.05) is 32.4 Å². The lowest BCUT2D eigenvalue weighted by Gasteiger charge is -2.27. The van der Waals surface area contributed by atoms with Crippen molar-refractivity contribution in [3.05, 3.63) is 29.8 Å². The maximum Gasteiger partial charge on any atom is 0.237 e. The van der Waals surface area contributed by atoms with Gasteiger partial charge in [-0.2, -0.15) is 0 Å². The number of amides is 1. The molecule has 0 fully saturated rings. The molecule has 0 aliphatic heterocycles. The quantitative estimate of drug-likeness (QED) is 0.760. The molecule has 0 aliphatic carbocycles. The Hall–Kier alpha value is -1.30. The van der Waals surface area contributed by atoms with E-state index < -0.39 is 6.04 Å². The van der Waals surface area contributed by atoms with E-state index in [1.807, 2.05) is 45.0 Å². The molecule has 4 atom stereocenters. The first kappa shape index (κ1) is 21.7. The standard InChI is InChI=1S/C17H28N2O3.ClH/c1-6-11(2)15(18)17(20)19-12(3)16(22-5)13-7-9-14(21-4)10-8-13;/h7-12,15-16H,6,18H2,1-5H3,(H,19,20);1H. The smallest absolute Gasteiger partial charge is 0.237 e. The summed E-state index contributed by atoms with van der Waals surface area (Å²) in [4.78, 5) is 12.2. The maximum atomic E-state index is 12.2. The van der Waals surface area contributed by atoms with Crippen molar-refractivity contribution in [1.29, 1.82) is 0 Å². The molecule has 6 heteroatoms. The predicted molar refractivity (Wildman–Crippen MR) is 95.0 cm³/mol. The second kappa shape index (κ2) is 10.5. The average Bonchev–Trinajstić information content (AvgIpc) is 2.54. The van der Waals surface area contributed by atoms with Gasteiger partial charge in [0, 0.05) is 7.11 Å². The molecule has 0 radical (unpaired) electrons. The first-order valence-electron chi connectivity index (χ1n) is 7.67. The number of methoxy groups -OCH3 is 2. The van der Waals surface area contributed by atoms with Crippen LogP contribution in [0.1, 0.15) is 38.9 Å². The van der Waals surface area contributed by atoms with Crippen molar-refractivity contribution < 1.29 is 14.3 Å². The lowest BCUT2D eigenvalue weighted by Crippen LogP contribution is -2.49. The third-order valence-electron chi connectivity index (χ3n) is 4.08. The van der Waals surface area contributed by atoms with Crippen LogP contribution in [0.25, 0.3) is 0 Å². The fraction of sp³-hybridized carbons (Fsp3) is 0.588. The van der Waals surface area contributed by atoms with E-state index in [1.54, 1.807) is 14.2 Å². The SMILES string of the molecule is CCC(C)C(N)C(=O)NC(C)C(OC)c1ccc(OC)cc1.Cl. The molecule has 3 N–H and O–H groups in total. The zero-order chi connectivity index (χ0) is 16.7. The number of nitrogens with one attached hydrogen (secondary N) is 1. The summed E-state index contributed by atoms with van der Waals surface area (Å²) in [5, 5.41) is 2.95. The summed E-state index contributed by atoms with van der Waals surface area (Å²) in [6.07, 6.45) is 0.633. The monoisotopic (exact) mass is 344 g/mol. The Morgan fingerprint density at radius 3 is 2.22 bits per heavy atom. The van der Waals surface area contributed by atoms with E-state index in [0.29, 0.717) is 0 Å². The van der Waals surface area contributed by atoms with Gasteiger partial charge in [-0.3, -0.25) is 4.79 Å². The summed E-state index contributed by atoms with van der Waals surface area (Å²) in [5.74, 6) is 0.792. The molecule has 132 valence electrons. The molecule has 1 aromatic carbocycles. The predicted octanol–water partition coefficient (Wildman–Crippen LogP) is 2.68. The van der Waals surface area contributed by atoms with Crippen LogP contribution in [-0.4, -0.2) is 32.2 Å². The Labute approximate surface area is 145 Å². The van der Waals surface area contributed by atoms with E-state index in [1.165, 1.54) is 0 Å². The van der Waals surface area contributed by atoms with Gasteiger partial charge in [0.05, 0.1) is 19.2 Å². The molecule has 0 saturated heterocycles. The van der Waals surface area contributed by atoms with Crippen LogP contribution in [0.5, 0.6) is 5.75 Å². The summed E-state index contributed by atoms with van der Waals surface area (Å²) in [7, 11) is 3.26. The average molecular weight is 345 g/mol. The summed E-state index contributed by atoms with van der Waals surface area (Å²) in [6.45, 7) is 5.92. The third kappa shape index (κ3) is 6.01. The lowest BCUT2D eigenvalue weighted by molar-refractivity contribution is -0.125. The van der Waals surface area contributed by atoms with E-state index in [4.69, 9.17) is 15.2 Å². The van der Waals surface area contributed by atoms with Crippen molar-refractivity contribution in [3.63, 3.8) is 0 Å². The zero-order valence-corrected chi connectivity index (χ0v) is 15.4. The van der Waals surface area contributed by atoms with Crippen molar-refractivity contribution in [2.75, 3.05) is 14.2 Å². The Bertz CT molecular complexity index is 467. The van der Waals surface area contributed by atoms with E-state index in [2.05, 4.69) is 5.32 Å². The second-order valence-corrected chi connectivity index (χ2v) is 5.64. The summed E-state index contributed by atoms with van der Waals surface area (Å²) < 4.78 is 10.7. The highest BCUT2D eigenvalue weighted by atomic mass is 35.5. The molecule has 1 rings (SSSR count). The van der Waals surface area contributed by atoms with Crippen LogP contribution in [0.2, 0.25) is 0 Å². The molecule has 4 unspecified atom stereocenters. The molecular weight excluding hydrogens is 316 g/mol. The van der Waals surface area contributed by atoms with Crippen LogP contribution in [-0.2, 0) is 9.53 Å². The van der Waals surface area contributed by atoms with Gasteiger partial charge in [0.2, 0.25) is 5.91 Å². The number of rotatable bonds is 8. The molecule has 0 heterocycles. The second-order valence-electron chi connectivity index (χ2n) is 5.64. The maximum absolute atomic E-state index is 12.2. The topological polar surface area (TPSA) is 73.6 Å². The highest BCUT2D eigenvalue weighted by molar-refractivity contribution is 5.85. The number of carbonyl (C=O) groups excluding carboxylic acids is 1. The van der Waals surface area contributed by atoms with Gasteiger partial charge >= 0.3 is 0 Å². The normalized spacial score (nSPS) is 15.7. The van der Waals surface area contributed by atoms with Gasteiger partial charge in [-0.25, -0.2) is 0 Å². The molecule has 1 aromatic rings. The molecule has 5 nitrogen and oxygen atoms in total. The lowest BCUT2D eigenvalue weighted by atomic mass is 9.98. The summed E-state index contributed by atoms with van der Waals surface area (Å²) in [6, 6.07) is 6.94. The number of ether oxygens (including phenoxy) is 2. The molecule has 0 bridgehead atoms. The molecule has 1 amide bonds. The Kier molecular flexibility index (Phi) is 9.88. The first-order chi connectivity index (χ1) is 10.4. The van der Waals surface area contributed by atoms with E-state index >= 15 is 0 Å². The minimum atomic E-state index is -0.499. The number of halogens is 1. The molecule has 23 heavy (non-hydrogen) atoms. The van der Waals surface area contributed by atoms with Crippen LogP contribution in [0, 0.1) is 5.92 Å². The molecule has 0 aliphatic rings. The van der Waals surface area contributed by atoms with Gasteiger partial charge in [-0.05, 0) is 30.5 Å². The van der Waals surface area contributed by atoms with Crippen LogP contribution in [0.3, 0.4) is 0 Å². The fourth-order valence-electron chi connectivity index (χ4n) is 2.33. The van der Waals surface area contributed by atoms with Gasteiger partial charge in [-0.15, -0.1) is 12.4 Å². The van der Waals surface area contributed by atoms with Crippen molar-refractivity contribution in [2.24, 2.45) is 11.7 Å². The van der Waals surface area contributed by atoms with Gasteiger partial charge < -0.3 is 20.5 Å². The summed E-state index contributed by atoms with van der Waals surface area (Å²) in [5.41, 5.74) is 6.95. The van der Waals surface area contributed by atoms with Gasteiger partial charge in [0.25, 0.3) is 0 Å². The minimum absolute atomic E-state index is 0. The number of hydrogen-bond acceptors (Lipinski definition) is 4. The zero-order valence-electron chi connectivity index (χ0n) is 14.5. The Balaban J connectivity index is 0.00000484. The summed E-state index contributed by atoms with van der Waals surface area (Å²) >= 11 is 0. The van der Waals surface area contributed by atoms with Crippen molar-refractivity contribution in [2.45, 2.75) is 45.4 Å². The van der Waals surface area contributed by atoms with Crippen LogP contribution >= 0.6 is 12.4 Å². The molecule has 0 saturated carbocycles. The van der Waals surface area contributed by atoms with Crippen molar-refractivity contribution in [3.8, 4) is 5.75 Å². The minimum Gasteiger partial charge on any atom is -0.497 e. The van der Waals surface area contributed by atoms with Crippen LogP contribution in [0.4, 0.5) is 0 Å². The third-order valence-corrected chi connectivity index (χ3v) is 4.08. The Morgan fingerprint density at radius 2 is 1.78 bits per heavy atom. The molecule has 0 spiro atoms. The van der Waals surface area contributed by atoms with Gasteiger partial charge in [0.1, 0.15) is 11.9 Å². The van der Waals surface area contributed by atoms with Crippen molar-refractivity contribution >= 4 is 18.3 Å². The van der Waals surface area contributed by atoms with Crippen LogP contribution in [0.15, 0.2) is 24.3 Å². The number of nitrogens with two attached hydrogens (primary N) is 1. The number of benzene rings is 1. The Morgan fingerprint density at radius 1 is 1.22 bits per heavy atom. The van der Waals surface area contributed by atoms with E-state index in [0.717, 1.165) is 17.7 Å². The molecular formula is C17H29ClN2O3. The number of carbonyl (C=O) groups is 1. The molecule has 0 aromatic heterocycles. The van der Waals surface area contributed by atoms with Crippen molar-refractivity contribution in [1.82, 2.24) is 5.32 Å². The van der Waals surface area contributed by atoms with Gasteiger partial charge in [0.15, 0.2) is 0 Å². The van der Waals surface area contributed by atoms with Crippen LogP contribution < -0.4 is 15.8 Å². The highest BCUT2D eigenvalue weighted by Crippen LogP contribution is 2.23. The van der Waals surface area contributed by atoms with E-state index in [9.17, 15) is 4.79 Å². The first-order valence-corrected chi connectivity index (χ1v) is 7.67.